The van der Waals surface area contributed by atoms with Crippen molar-refractivity contribution in [2.75, 3.05) is 26.8 Å². The zero-order chi connectivity index (χ0) is 19.7. The van der Waals surface area contributed by atoms with Gasteiger partial charge in [-0.2, -0.15) is 0 Å². The van der Waals surface area contributed by atoms with Crippen LogP contribution in [-0.2, 0) is 15.1 Å². The summed E-state index contributed by atoms with van der Waals surface area (Å²) in [4.78, 5) is 14.6. The van der Waals surface area contributed by atoms with Gasteiger partial charge in [0.2, 0.25) is 5.91 Å². The standard InChI is InChI=1S/C23H35NO3/c1-5-6-19(14-25)21(26)24-15-22(16-24)7-9-23(27-4,10-8-22)20-12-17(2)11-18(3)13-20/h11-13,19,25H,5-10,14-16H2,1-4H3/t19-/m1/s1. The lowest BCUT2D eigenvalue weighted by atomic mass is 9.62. The average Bonchev–Trinajstić information content (AvgIpc) is 2.63. The first kappa shape index (κ1) is 20.3. The first-order valence-corrected chi connectivity index (χ1v) is 10.4. The molecule has 1 atom stereocenters. The van der Waals surface area contributed by atoms with E-state index in [-0.39, 0.29) is 29.4 Å². The molecule has 4 nitrogen and oxygen atoms in total. The molecule has 1 aromatic carbocycles. The van der Waals surface area contributed by atoms with E-state index in [1.807, 2.05) is 12.0 Å². The predicted molar refractivity (Wildman–Crippen MR) is 108 cm³/mol. The minimum Gasteiger partial charge on any atom is -0.396 e. The minimum atomic E-state index is -0.218. The molecular formula is C23H35NO3. The van der Waals surface area contributed by atoms with E-state index >= 15 is 0 Å². The van der Waals surface area contributed by atoms with Crippen molar-refractivity contribution < 1.29 is 14.6 Å². The quantitative estimate of drug-likeness (QED) is 0.821. The molecule has 1 heterocycles. The van der Waals surface area contributed by atoms with Crippen molar-refractivity contribution in [3.8, 4) is 0 Å². The Labute approximate surface area is 163 Å². The lowest BCUT2D eigenvalue weighted by molar-refractivity contribution is -0.158. The molecule has 2 fully saturated rings. The summed E-state index contributed by atoms with van der Waals surface area (Å²) in [7, 11) is 1.84. The minimum absolute atomic E-state index is 0.0321. The van der Waals surface area contributed by atoms with E-state index in [0.717, 1.165) is 51.6 Å². The summed E-state index contributed by atoms with van der Waals surface area (Å²) in [6.45, 7) is 8.01. The van der Waals surface area contributed by atoms with E-state index in [0.29, 0.717) is 0 Å². The Balaban J connectivity index is 1.64. The van der Waals surface area contributed by atoms with Crippen LogP contribution in [0, 0.1) is 25.2 Å². The summed E-state index contributed by atoms with van der Waals surface area (Å²) in [6.07, 6.45) is 5.91. The summed E-state index contributed by atoms with van der Waals surface area (Å²) >= 11 is 0. The second-order valence-electron chi connectivity index (χ2n) is 8.94. The van der Waals surface area contributed by atoms with Gasteiger partial charge >= 0.3 is 0 Å². The molecule has 0 unspecified atom stereocenters. The number of nitrogens with zero attached hydrogens (tertiary/aromatic N) is 1. The number of rotatable bonds is 6. The average molecular weight is 374 g/mol. The van der Waals surface area contributed by atoms with Gasteiger partial charge in [-0.25, -0.2) is 0 Å². The number of methoxy groups -OCH3 is 1. The molecule has 1 spiro atoms. The first-order valence-electron chi connectivity index (χ1n) is 10.4. The van der Waals surface area contributed by atoms with Crippen LogP contribution in [0.15, 0.2) is 18.2 Å². The maximum Gasteiger partial charge on any atom is 0.228 e. The third-order valence-corrected chi connectivity index (χ3v) is 6.83. The van der Waals surface area contributed by atoms with E-state index in [2.05, 4.69) is 39.0 Å². The Morgan fingerprint density at radius 1 is 1.15 bits per heavy atom. The Morgan fingerprint density at radius 3 is 2.22 bits per heavy atom. The Bertz CT molecular complexity index is 648. The van der Waals surface area contributed by atoms with Crippen molar-refractivity contribution >= 4 is 5.91 Å². The molecule has 3 rings (SSSR count). The Kier molecular flexibility index (Phi) is 5.97. The van der Waals surface area contributed by atoms with Gasteiger partial charge in [0.1, 0.15) is 0 Å². The molecule has 1 saturated heterocycles. The summed E-state index contributed by atoms with van der Waals surface area (Å²) in [6, 6.07) is 6.74. The van der Waals surface area contributed by atoms with E-state index in [1.165, 1.54) is 16.7 Å². The number of carbonyl (C=O) groups excluding carboxylic acids is 1. The van der Waals surface area contributed by atoms with Gasteiger partial charge in [-0.3, -0.25) is 4.79 Å². The van der Waals surface area contributed by atoms with Gasteiger partial charge in [-0.15, -0.1) is 0 Å². The molecule has 1 aromatic rings. The van der Waals surface area contributed by atoms with Crippen LogP contribution >= 0.6 is 0 Å². The lowest BCUT2D eigenvalue weighted by Crippen LogP contribution is -2.62. The normalized spacial score (nSPS) is 21.7. The fourth-order valence-electron chi connectivity index (χ4n) is 5.17. The molecule has 0 aromatic heterocycles. The zero-order valence-corrected chi connectivity index (χ0v) is 17.4. The third kappa shape index (κ3) is 3.93. The van der Waals surface area contributed by atoms with Crippen LogP contribution in [0.1, 0.15) is 62.1 Å². The molecule has 1 N–H and O–H groups in total. The second-order valence-corrected chi connectivity index (χ2v) is 8.94. The van der Waals surface area contributed by atoms with Crippen molar-refractivity contribution in [3.63, 3.8) is 0 Å². The second kappa shape index (κ2) is 7.92. The highest BCUT2D eigenvalue weighted by atomic mass is 16.5. The highest BCUT2D eigenvalue weighted by Crippen LogP contribution is 2.51. The van der Waals surface area contributed by atoms with E-state index in [9.17, 15) is 9.90 Å². The highest BCUT2D eigenvalue weighted by molar-refractivity contribution is 5.80. The van der Waals surface area contributed by atoms with E-state index in [4.69, 9.17) is 4.74 Å². The van der Waals surface area contributed by atoms with Crippen molar-refractivity contribution in [1.29, 1.82) is 0 Å². The number of aryl methyl sites for hydroxylation is 2. The number of hydrogen-bond acceptors (Lipinski definition) is 3. The topological polar surface area (TPSA) is 49.8 Å². The van der Waals surface area contributed by atoms with Gasteiger partial charge < -0.3 is 14.7 Å². The Morgan fingerprint density at radius 2 is 1.74 bits per heavy atom. The van der Waals surface area contributed by atoms with Gasteiger partial charge in [-0.05, 0) is 51.5 Å². The van der Waals surface area contributed by atoms with Crippen LogP contribution in [0.4, 0.5) is 0 Å². The molecule has 1 aliphatic heterocycles. The van der Waals surface area contributed by atoms with Gasteiger partial charge in [0.05, 0.1) is 18.1 Å². The molecule has 1 aliphatic carbocycles. The zero-order valence-electron chi connectivity index (χ0n) is 17.4. The molecule has 0 radical (unpaired) electrons. The van der Waals surface area contributed by atoms with E-state index < -0.39 is 0 Å². The van der Waals surface area contributed by atoms with Crippen LogP contribution in [0.2, 0.25) is 0 Å². The molecule has 2 aliphatic rings. The Hall–Kier alpha value is -1.39. The molecule has 27 heavy (non-hydrogen) atoms. The fraction of sp³-hybridized carbons (Fsp3) is 0.696. The van der Waals surface area contributed by atoms with Gasteiger partial charge in [-0.1, -0.05) is 42.7 Å². The molecular weight excluding hydrogens is 338 g/mol. The molecule has 0 bridgehead atoms. The maximum absolute atomic E-state index is 12.6. The van der Waals surface area contributed by atoms with Crippen LogP contribution in [-0.4, -0.2) is 42.7 Å². The number of likely N-dealkylation sites (tertiary alicyclic amines) is 1. The number of aliphatic hydroxyl groups is 1. The largest absolute Gasteiger partial charge is 0.396 e. The number of benzene rings is 1. The number of carbonyl (C=O) groups is 1. The van der Waals surface area contributed by atoms with Crippen LogP contribution in [0.5, 0.6) is 0 Å². The monoisotopic (exact) mass is 373 g/mol. The SMILES string of the molecule is CCC[C@H](CO)C(=O)N1CC2(CCC(OC)(c3cc(C)cc(C)c3)CC2)C1. The fourth-order valence-corrected chi connectivity index (χ4v) is 5.17. The summed E-state index contributed by atoms with van der Waals surface area (Å²) < 4.78 is 6.09. The number of aliphatic hydroxyl groups excluding tert-OH is 1. The number of hydrogen-bond donors (Lipinski definition) is 1. The van der Waals surface area contributed by atoms with Gasteiger partial charge in [0, 0.05) is 25.6 Å². The predicted octanol–water partition coefficient (Wildman–Crippen LogP) is 3.96. The van der Waals surface area contributed by atoms with E-state index in [1.54, 1.807) is 0 Å². The van der Waals surface area contributed by atoms with Crippen LogP contribution < -0.4 is 0 Å². The van der Waals surface area contributed by atoms with Crippen molar-refractivity contribution in [1.82, 2.24) is 4.90 Å². The number of ether oxygens (including phenoxy) is 1. The molecule has 150 valence electrons. The van der Waals surface area contributed by atoms with Crippen LogP contribution in [0.3, 0.4) is 0 Å². The smallest absolute Gasteiger partial charge is 0.228 e. The summed E-state index contributed by atoms with van der Waals surface area (Å²) in [5.41, 5.74) is 3.93. The van der Waals surface area contributed by atoms with Gasteiger partial charge in [0.25, 0.3) is 0 Å². The summed E-state index contributed by atoms with van der Waals surface area (Å²) in [5.74, 6) is -0.0767. The molecule has 1 amide bonds. The van der Waals surface area contributed by atoms with Crippen molar-refractivity contribution in [3.05, 3.63) is 34.9 Å². The first-order chi connectivity index (χ1) is 12.9. The third-order valence-electron chi connectivity index (χ3n) is 6.83. The molecule has 1 saturated carbocycles. The van der Waals surface area contributed by atoms with Crippen LogP contribution in [0.25, 0.3) is 0 Å². The van der Waals surface area contributed by atoms with Crippen molar-refractivity contribution in [2.24, 2.45) is 11.3 Å². The lowest BCUT2D eigenvalue weighted by Gasteiger charge is -2.56. The highest BCUT2D eigenvalue weighted by Gasteiger charge is 2.51. The summed E-state index contributed by atoms with van der Waals surface area (Å²) in [5, 5.41) is 9.51. The molecule has 4 heteroatoms. The van der Waals surface area contributed by atoms with Gasteiger partial charge in [0.15, 0.2) is 0 Å². The number of amides is 1. The maximum atomic E-state index is 12.6. The van der Waals surface area contributed by atoms with Crippen molar-refractivity contribution in [2.45, 2.75) is 64.9 Å².